The summed E-state index contributed by atoms with van der Waals surface area (Å²) in [5.41, 5.74) is 3.54. The monoisotopic (exact) mass is 503 g/mol. The van der Waals surface area contributed by atoms with Gasteiger partial charge in [0.05, 0.1) is 22.0 Å². The van der Waals surface area contributed by atoms with Crippen molar-refractivity contribution in [1.29, 1.82) is 0 Å². The van der Waals surface area contributed by atoms with Crippen molar-refractivity contribution in [2.24, 2.45) is 18.0 Å². The van der Waals surface area contributed by atoms with Gasteiger partial charge in [0.1, 0.15) is 0 Å². The first-order valence-electron chi connectivity index (χ1n) is 12.3. The predicted molar refractivity (Wildman–Crippen MR) is 142 cm³/mol. The lowest BCUT2D eigenvalue weighted by Gasteiger charge is -2.23. The van der Waals surface area contributed by atoms with E-state index >= 15 is 0 Å². The van der Waals surface area contributed by atoms with Gasteiger partial charge in [0.15, 0.2) is 10.5 Å². The minimum absolute atomic E-state index is 0.0612. The second-order valence-corrected chi connectivity index (χ2v) is 10.2. The van der Waals surface area contributed by atoms with Crippen molar-refractivity contribution >= 4 is 22.7 Å². The number of thiazole rings is 1. The summed E-state index contributed by atoms with van der Waals surface area (Å²) >= 11 is 1.47. The van der Waals surface area contributed by atoms with E-state index in [0.717, 1.165) is 46.8 Å². The number of nitro groups is 1. The molecule has 1 aliphatic rings. The molecule has 186 valence electrons. The van der Waals surface area contributed by atoms with Crippen molar-refractivity contribution in [2.45, 2.75) is 45.6 Å². The first-order chi connectivity index (χ1) is 17.4. The lowest BCUT2D eigenvalue weighted by molar-refractivity contribution is -0.384. The fourth-order valence-electron chi connectivity index (χ4n) is 5.01. The number of nitro benzene ring substituents is 1. The van der Waals surface area contributed by atoms with Gasteiger partial charge in [-0.1, -0.05) is 49.6 Å². The highest BCUT2D eigenvalue weighted by atomic mass is 32.1. The lowest BCUT2D eigenvalue weighted by atomic mass is 9.89. The molecule has 1 fully saturated rings. The molecule has 0 saturated heterocycles. The molecule has 1 saturated carbocycles. The van der Waals surface area contributed by atoms with Gasteiger partial charge in [-0.2, -0.15) is 0 Å². The number of nitrogens with zero attached hydrogens (tertiary/aromatic N) is 5. The van der Waals surface area contributed by atoms with Crippen LogP contribution in [0.5, 0.6) is 0 Å². The summed E-state index contributed by atoms with van der Waals surface area (Å²) < 4.78 is 5.62. The van der Waals surface area contributed by atoms with E-state index in [0.29, 0.717) is 11.6 Å². The zero-order valence-corrected chi connectivity index (χ0v) is 21.3. The molecule has 0 bridgehead atoms. The van der Waals surface area contributed by atoms with Gasteiger partial charge in [0, 0.05) is 36.7 Å². The van der Waals surface area contributed by atoms with E-state index in [9.17, 15) is 14.9 Å². The molecule has 0 aliphatic heterocycles. The van der Waals surface area contributed by atoms with Gasteiger partial charge in [-0.25, -0.2) is 9.67 Å². The fraction of sp³-hybridized carbons (Fsp3) is 0.333. The molecule has 36 heavy (non-hydrogen) atoms. The minimum atomic E-state index is -0.369. The molecule has 0 unspecified atom stereocenters. The van der Waals surface area contributed by atoms with Crippen LogP contribution in [0.15, 0.2) is 69.8 Å². The van der Waals surface area contributed by atoms with E-state index in [-0.39, 0.29) is 16.2 Å². The molecule has 8 nitrogen and oxygen atoms in total. The maximum atomic E-state index is 13.5. The van der Waals surface area contributed by atoms with Crippen LogP contribution in [0.25, 0.3) is 16.9 Å². The van der Waals surface area contributed by atoms with E-state index in [2.05, 4.69) is 4.57 Å². The first-order valence-corrected chi connectivity index (χ1v) is 13.1. The molecule has 0 N–H and O–H groups in total. The molecule has 2 aromatic heterocycles. The molecule has 9 heteroatoms. The molecule has 0 spiro atoms. The Hall–Kier alpha value is -3.72. The van der Waals surface area contributed by atoms with Gasteiger partial charge >= 0.3 is 0 Å². The molecule has 1 aliphatic carbocycles. The highest BCUT2D eigenvalue weighted by molar-refractivity contribution is 7.07. The molecule has 2 aromatic carbocycles. The predicted octanol–water partition coefficient (Wildman–Crippen LogP) is 5.74. The minimum Gasteiger partial charge on any atom is -0.316 e. The van der Waals surface area contributed by atoms with Crippen molar-refractivity contribution in [1.82, 2.24) is 13.9 Å². The van der Waals surface area contributed by atoms with Crippen LogP contribution in [0.1, 0.15) is 37.8 Å². The highest BCUT2D eigenvalue weighted by Crippen LogP contribution is 2.29. The zero-order valence-electron chi connectivity index (χ0n) is 20.5. The Morgan fingerprint density at radius 1 is 1.08 bits per heavy atom. The van der Waals surface area contributed by atoms with Gasteiger partial charge in [0.2, 0.25) is 0 Å². The first kappa shape index (κ1) is 24.0. The third kappa shape index (κ3) is 4.58. The normalized spacial score (nSPS) is 14.9. The van der Waals surface area contributed by atoms with Gasteiger partial charge in [0.25, 0.3) is 11.2 Å². The van der Waals surface area contributed by atoms with Crippen LogP contribution in [-0.4, -0.2) is 18.9 Å². The molecule has 0 radical (unpaired) electrons. The number of benzene rings is 2. The quantitative estimate of drug-likeness (QED) is 0.248. The van der Waals surface area contributed by atoms with Crippen molar-refractivity contribution in [3.8, 4) is 16.9 Å². The number of hydrogen-bond donors (Lipinski definition) is 0. The Bertz CT molecular complexity index is 1520. The number of non-ortho nitro benzene ring substituents is 1. The maximum Gasteiger partial charge on any atom is 0.297 e. The number of rotatable bonds is 6. The van der Waals surface area contributed by atoms with Gasteiger partial charge in [-0.15, -0.1) is 11.3 Å². The summed E-state index contributed by atoms with van der Waals surface area (Å²) in [7, 11) is 1.86. The third-order valence-corrected chi connectivity index (χ3v) is 7.91. The van der Waals surface area contributed by atoms with Crippen LogP contribution in [0.2, 0.25) is 0 Å². The Kier molecular flexibility index (Phi) is 6.73. The standard InChI is InChI=1S/C27H29N5O3S/c1-19-25(26(33)31(29(19)2)22-13-7-4-8-14-22)28-27-30(17-20-10-5-3-6-11-20)24(18-36-27)21-12-9-15-23(16-21)32(34)35/h4,7-9,12-16,18,20H,3,5-6,10-11,17H2,1-2H3. The van der Waals surface area contributed by atoms with Gasteiger partial charge in [-0.05, 0) is 37.8 Å². The summed E-state index contributed by atoms with van der Waals surface area (Å²) in [5.74, 6) is 0.516. The van der Waals surface area contributed by atoms with Crippen molar-refractivity contribution in [2.75, 3.05) is 0 Å². The molecular weight excluding hydrogens is 474 g/mol. The molecular formula is C27H29N5O3S. The summed E-state index contributed by atoms with van der Waals surface area (Å²) in [6.45, 7) is 2.68. The van der Waals surface area contributed by atoms with Crippen LogP contribution >= 0.6 is 11.3 Å². The largest absolute Gasteiger partial charge is 0.316 e. The highest BCUT2D eigenvalue weighted by Gasteiger charge is 2.20. The maximum absolute atomic E-state index is 13.5. The molecule has 2 heterocycles. The summed E-state index contributed by atoms with van der Waals surface area (Å²) in [6.07, 6.45) is 6.01. The van der Waals surface area contributed by atoms with E-state index in [1.54, 1.807) is 16.8 Å². The van der Waals surface area contributed by atoms with Crippen LogP contribution < -0.4 is 10.4 Å². The van der Waals surface area contributed by atoms with Crippen LogP contribution in [0, 0.1) is 23.0 Å². The van der Waals surface area contributed by atoms with Crippen molar-refractivity contribution in [3.05, 3.63) is 90.9 Å². The van der Waals surface area contributed by atoms with Crippen LogP contribution in [0.3, 0.4) is 0 Å². The average Bonchev–Trinajstić information content (AvgIpc) is 3.38. The molecule has 5 rings (SSSR count). The van der Waals surface area contributed by atoms with E-state index < -0.39 is 0 Å². The van der Waals surface area contributed by atoms with E-state index in [4.69, 9.17) is 4.99 Å². The second kappa shape index (κ2) is 10.1. The van der Waals surface area contributed by atoms with Crippen molar-refractivity contribution in [3.63, 3.8) is 0 Å². The summed E-state index contributed by atoms with van der Waals surface area (Å²) in [6, 6.07) is 16.3. The molecule has 4 aromatic rings. The van der Waals surface area contributed by atoms with Crippen molar-refractivity contribution < 1.29 is 4.92 Å². The Morgan fingerprint density at radius 2 is 1.83 bits per heavy atom. The fourth-order valence-corrected chi connectivity index (χ4v) is 5.94. The Morgan fingerprint density at radius 3 is 2.56 bits per heavy atom. The smallest absolute Gasteiger partial charge is 0.297 e. The van der Waals surface area contributed by atoms with Gasteiger partial charge < -0.3 is 4.57 Å². The number of hydrogen-bond acceptors (Lipinski definition) is 5. The lowest BCUT2D eigenvalue weighted by Crippen LogP contribution is -2.23. The zero-order chi connectivity index (χ0) is 25.2. The average molecular weight is 504 g/mol. The second-order valence-electron chi connectivity index (χ2n) is 9.35. The summed E-state index contributed by atoms with van der Waals surface area (Å²) in [5, 5.41) is 13.4. The topological polar surface area (TPSA) is 87.4 Å². The molecule has 0 amide bonds. The summed E-state index contributed by atoms with van der Waals surface area (Å²) in [4.78, 5) is 30.2. The third-order valence-electron chi connectivity index (χ3n) is 7.05. The number of aromatic nitrogens is 3. The van der Waals surface area contributed by atoms with Crippen LogP contribution in [0.4, 0.5) is 11.4 Å². The van der Waals surface area contributed by atoms with Gasteiger partial charge in [-0.3, -0.25) is 19.6 Å². The Balaban J connectivity index is 1.66. The van der Waals surface area contributed by atoms with E-state index in [1.165, 1.54) is 36.7 Å². The number of para-hydroxylation sites is 1. The Labute approximate surface area is 212 Å². The van der Waals surface area contributed by atoms with Crippen LogP contribution in [-0.2, 0) is 13.6 Å². The SMILES string of the molecule is Cc1c(N=c2scc(-c3cccc([N+](=O)[O-])c3)n2CC2CCCCC2)c(=O)n(-c2ccccc2)n1C. The van der Waals surface area contributed by atoms with E-state index in [1.807, 2.05) is 60.4 Å². The molecule has 0 atom stereocenters.